The highest BCUT2D eigenvalue weighted by Gasteiger charge is 2.31. The highest BCUT2D eigenvalue weighted by molar-refractivity contribution is 9.10. The standard InChI is InChI=1S/C13H12BrF3N4/c1-2-8-11(18)19-6-20-12(8)21-10-5-7(13(15,16)17)3-4-9(10)14/h3-6H,2H2,1H3,(H3,18,19,20,21). The molecule has 0 spiro atoms. The Balaban J connectivity index is 2.42. The van der Waals surface area contributed by atoms with Crippen molar-refractivity contribution in [2.24, 2.45) is 0 Å². The van der Waals surface area contributed by atoms with Crippen LogP contribution in [0.1, 0.15) is 18.1 Å². The van der Waals surface area contributed by atoms with E-state index >= 15 is 0 Å². The molecular weight excluding hydrogens is 349 g/mol. The number of nitrogens with zero attached hydrogens (tertiary/aromatic N) is 2. The monoisotopic (exact) mass is 360 g/mol. The van der Waals surface area contributed by atoms with Crippen LogP contribution in [0.5, 0.6) is 0 Å². The van der Waals surface area contributed by atoms with Crippen LogP contribution in [0, 0.1) is 0 Å². The molecule has 1 aromatic carbocycles. The van der Waals surface area contributed by atoms with Crippen molar-refractivity contribution in [3.8, 4) is 0 Å². The number of nitrogen functional groups attached to an aromatic ring is 1. The molecule has 0 radical (unpaired) electrons. The summed E-state index contributed by atoms with van der Waals surface area (Å²) >= 11 is 3.22. The molecule has 0 bridgehead atoms. The Morgan fingerprint density at radius 1 is 1.29 bits per heavy atom. The molecule has 1 aromatic heterocycles. The van der Waals surface area contributed by atoms with E-state index < -0.39 is 11.7 Å². The van der Waals surface area contributed by atoms with E-state index in [2.05, 4.69) is 31.2 Å². The molecule has 21 heavy (non-hydrogen) atoms. The average Bonchev–Trinajstić information content (AvgIpc) is 2.40. The first-order chi connectivity index (χ1) is 9.82. The van der Waals surface area contributed by atoms with Gasteiger partial charge in [0.15, 0.2) is 0 Å². The molecule has 0 aliphatic carbocycles. The number of nitrogens with one attached hydrogen (secondary N) is 1. The maximum Gasteiger partial charge on any atom is 0.416 e. The van der Waals surface area contributed by atoms with Crippen LogP contribution in [0.25, 0.3) is 0 Å². The summed E-state index contributed by atoms with van der Waals surface area (Å²) in [6.07, 6.45) is -2.58. The van der Waals surface area contributed by atoms with Gasteiger partial charge in [0, 0.05) is 10.0 Å². The average molecular weight is 361 g/mol. The molecule has 3 N–H and O–H groups in total. The fraction of sp³-hybridized carbons (Fsp3) is 0.231. The molecule has 0 aliphatic heterocycles. The number of nitrogens with two attached hydrogens (primary N) is 1. The van der Waals surface area contributed by atoms with Gasteiger partial charge >= 0.3 is 6.18 Å². The summed E-state index contributed by atoms with van der Waals surface area (Å²) in [7, 11) is 0. The minimum Gasteiger partial charge on any atom is -0.383 e. The maximum absolute atomic E-state index is 12.8. The van der Waals surface area contributed by atoms with Crippen LogP contribution in [0.15, 0.2) is 29.0 Å². The van der Waals surface area contributed by atoms with E-state index in [-0.39, 0.29) is 5.69 Å². The van der Waals surface area contributed by atoms with Gasteiger partial charge in [0.2, 0.25) is 0 Å². The second kappa shape index (κ2) is 5.88. The number of anilines is 3. The number of hydrogen-bond donors (Lipinski definition) is 2. The SMILES string of the molecule is CCc1c(N)ncnc1Nc1cc(C(F)(F)F)ccc1Br. The molecule has 8 heteroatoms. The summed E-state index contributed by atoms with van der Waals surface area (Å²) in [5.41, 5.74) is 5.91. The second-order valence-electron chi connectivity index (χ2n) is 4.26. The van der Waals surface area contributed by atoms with E-state index in [9.17, 15) is 13.2 Å². The summed E-state index contributed by atoms with van der Waals surface area (Å²) in [5.74, 6) is 0.697. The second-order valence-corrected chi connectivity index (χ2v) is 5.11. The fourth-order valence-corrected chi connectivity index (χ4v) is 2.15. The maximum atomic E-state index is 12.8. The normalized spacial score (nSPS) is 11.5. The first kappa shape index (κ1) is 15.6. The first-order valence-corrected chi connectivity index (χ1v) is 6.85. The summed E-state index contributed by atoms with van der Waals surface area (Å²) < 4.78 is 38.8. The van der Waals surface area contributed by atoms with Gasteiger partial charge in [0.1, 0.15) is 18.0 Å². The molecule has 0 atom stereocenters. The van der Waals surface area contributed by atoms with Crippen molar-refractivity contribution in [1.29, 1.82) is 0 Å². The van der Waals surface area contributed by atoms with Crippen LogP contribution in [0.2, 0.25) is 0 Å². The first-order valence-electron chi connectivity index (χ1n) is 6.06. The lowest BCUT2D eigenvalue weighted by Crippen LogP contribution is -2.07. The third kappa shape index (κ3) is 3.44. The van der Waals surface area contributed by atoms with Crippen LogP contribution >= 0.6 is 15.9 Å². The molecule has 0 aliphatic rings. The number of alkyl halides is 3. The van der Waals surface area contributed by atoms with Crippen molar-refractivity contribution in [3.05, 3.63) is 40.1 Å². The summed E-state index contributed by atoms with van der Waals surface area (Å²) in [6, 6.07) is 3.35. The van der Waals surface area contributed by atoms with Gasteiger partial charge in [-0.15, -0.1) is 0 Å². The fourth-order valence-electron chi connectivity index (χ4n) is 1.81. The topological polar surface area (TPSA) is 63.8 Å². The Morgan fingerprint density at radius 3 is 2.62 bits per heavy atom. The molecule has 112 valence electrons. The van der Waals surface area contributed by atoms with Gasteiger partial charge in [0.25, 0.3) is 0 Å². The largest absolute Gasteiger partial charge is 0.416 e. The predicted molar refractivity (Wildman–Crippen MR) is 78.2 cm³/mol. The van der Waals surface area contributed by atoms with Crippen molar-refractivity contribution in [2.45, 2.75) is 19.5 Å². The predicted octanol–water partition coefficient (Wildman–Crippen LogP) is 4.15. The Kier molecular flexibility index (Phi) is 4.36. The Morgan fingerprint density at radius 2 is 2.00 bits per heavy atom. The number of benzene rings is 1. The lowest BCUT2D eigenvalue weighted by atomic mass is 10.1. The number of aromatic nitrogens is 2. The molecule has 0 unspecified atom stereocenters. The summed E-state index contributed by atoms with van der Waals surface area (Å²) in [6.45, 7) is 1.86. The molecule has 0 saturated heterocycles. The van der Waals surface area contributed by atoms with Crippen LogP contribution < -0.4 is 11.1 Å². The van der Waals surface area contributed by atoms with Crippen molar-refractivity contribution in [1.82, 2.24) is 9.97 Å². The van der Waals surface area contributed by atoms with Gasteiger partial charge in [-0.25, -0.2) is 9.97 Å². The number of hydrogen-bond acceptors (Lipinski definition) is 4. The zero-order valence-corrected chi connectivity index (χ0v) is 12.6. The molecule has 1 heterocycles. The van der Waals surface area contributed by atoms with Gasteiger partial charge in [-0.05, 0) is 40.5 Å². The molecule has 2 rings (SSSR count). The molecule has 0 fully saturated rings. The minimum atomic E-state index is -4.41. The third-order valence-corrected chi connectivity index (χ3v) is 3.57. The van der Waals surface area contributed by atoms with Crippen molar-refractivity contribution in [2.75, 3.05) is 11.1 Å². The highest BCUT2D eigenvalue weighted by Crippen LogP contribution is 2.35. The van der Waals surface area contributed by atoms with Gasteiger partial charge in [-0.3, -0.25) is 0 Å². The van der Waals surface area contributed by atoms with Crippen LogP contribution in [0.3, 0.4) is 0 Å². The van der Waals surface area contributed by atoms with Gasteiger partial charge in [-0.2, -0.15) is 13.2 Å². The van der Waals surface area contributed by atoms with Crippen LogP contribution in [0.4, 0.5) is 30.5 Å². The zero-order chi connectivity index (χ0) is 15.6. The Hall–Kier alpha value is -1.83. The number of rotatable bonds is 3. The lowest BCUT2D eigenvalue weighted by Gasteiger charge is -2.14. The van der Waals surface area contributed by atoms with E-state index in [1.54, 1.807) is 0 Å². The van der Waals surface area contributed by atoms with E-state index in [0.29, 0.717) is 28.1 Å². The van der Waals surface area contributed by atoms with Crippen molar-refractivity contribution < 1.29 is 13.2 Å². The Labute approximate surface area is 127 Å². The number of halogens is 4. The minimum absolute atomic E-state index is 0.262. The van der Waals surface area contributed by atoms with Gasteiger partial charge in [-0.1, -0.05) is 6.92 Å². The van der Waals surface area contributed by atoms with Crippen molar-refractivity contribution >= 4 is 33.3 Å². The van der Waals surface area contributed by atoms with Crippen LogP contribution in [-0.4, -0.2) is 9.97 Å². The lowest BCUT2D eigenvalue weighted by molar-refractivity contribution is -0.137. The molecule has 0 amide bonds. The zero-order valence-electron chi connectivity index (χ0n) is 11.0. The quantitative estimate of drug-likeness (QED) is 0.862. The van der Waals surface area contributed by atoms with Gasteiger partial charge < -0.3 is 11.1 Å². The third-order valence-electron chi connectivity index (χ3n) is 2.88. The van der Waals surface area contributed by atoms with Gasteiger partial charge in [0.05, 0.1) is 11.3 Å². The molecule has 4 nitrogen and oxygen atoms in total. The van der Waals surface area contributed by atoms with Crippen LogP contribution in [-0.2, 0) is 12.6 Å². The van der Waals surface area contributed by atoms with E-state index in [0.717, 1.165) is 12.1 Å². The Bertz CT molecular complexity index is 658. The smallest absolute Gasteiger partial charge is 0.383 e. The summed E-state index contributed by atoms with van der Waals surface area (Å²) in [5, 5.41) is 2.87. The molecule has 2 aromatic rings. The molecular formula is C13H12BrF3N4. The highest BCUT2D eigenvalue weighted by atomic mass is 79.9. The van der Waals surface area contributed by atoms with E-state index in [1.165, 1.54) is 12.4 Å². The molecule has 0 saturated carbocycles. The van der Waals surface area contributed by atoms with E-state index in [1.807, 2.05) is 6.92 Å². The van der Waals surface area contributed by atoms with E-state index in [4.69, 9.17) is 5.73 Å². The summed E-state index contributed by atoms with van der Waals surface area (Å²) in [4.78, 5) is 7.90. The van der Waals surface area contributed by atoms with Crippen molar-refractivity contribution in [3.63, 3.8) is 0 Å².